The van der Waals surface area contributed by atoms with Crippen LogP contribution in [0.2, 0.25) is 0 Å². The Morgan fingerprint density at radius 1 is 1.12 bits per heavy atom. The summed E-state index contributed by atoms with van der Waals surface area (Å²) in [7, 11) is 0. The van der Waals surface area contributed by atoms with Gasteiger partial charge in [0.05, 0.1) is 0 Å². The molecule has 8 heteroatoms. The van der Waals surface area contributed by atoms with Crippen molar-refractivity contribution >= 4 is 17.4 Å². The third-order valence-electron chi connectivity index (χ3n) is 5.44. The lowest BCUT2D eigenvalue weighted by Gasteiger charge is -2.17. The second-order valence-electron chi connectivity index (χ2n) is 8.69. The van der Waals surface area contributed by atoms with Crippen molar-refractivity contribution in [1.82, 2.24) is 15.0 Å². The zero-order valence-corrected chi connectivity index (χ0v) is 18.5. The molecule has 1 aliphatic heterocycles. The van der Waals surface area contributed by atoms with E-state index in [9.17, 15) is 4.79 Å². The molecule has 0 spiro atoms. The number of nitrogen functional groups attached to an aromatic ring is 1. The molecule has 0 radical (unpaired) electrons. The second kappa shape index (κ2) is 7.74. The van der Waals surface area contributed by atoms with Crippen molar-refractivity contribution in [1.29, 1.82) is 0 Å². The number of nitrogens with zero attached hydrogens (tertiary/aromatic N) is 3. The number of anilines is 2. The fraction of sp³-hybridized carbons (Fsp3) is 0.200. The Labute approximate surface area is 190 Å². The number of hydrogen-bond donors (Lipinski definition) is 2. The average molecular weight is 441 g/mol. The number of nitrogens with two attached hydrogens (primary N) is 1. The SMILES string of the molecule is Cc1ccc(-c2cc3c(cc2NC(=O)c2coc(-c4ccnc(N)c4)n2)CC(C)(C)O3)cn1. The van der Waals surface area contributed by atoms with E-state index >= 15 is 0 Å². The van der Waals surface area contributed by atoms with Gasteiger partial charge in [-0.3, -0.25) is 9.78 Å². The number of hydrogen-bond acceptors (Lipinski definition) is 7. The summed E-state index contributed by atoms with van der Waals surface area (Å²) in [6.07, 6.45) is 5.42. The molecule has 0 fully saturated rings. The van der Waals surface area contributed by atoms with Crippen LogP contribution in [0.5, 0.6) is 5.75 Å². The molecule has 166 valence electrons. The van der Waals surface area contributed by atoms with Crippen molar-refractivity contribution in [3.63, 3.8) is 0 Å². The fourth-order valence-corrected chi connectivity index (χ4v) is 3.90. The molecule has 33 heavy (non-hydrogen) atoms. The molecule has 4 heterocycles. The minimum Gasteiger partial charge on any atom is -0.487 e. The summed E-state index contributed by atoms with van der Waals surface area (Å²) in [6.45, 7) is 6.02. The van der Waals surface area contributed by atoms with Gasteiger partial charge in [-0.2, -0.15) is 0 Å². The van der Waals surface area contributed by atoms with Gasteiger partial charge in [0.25, 0.3) is 5.91 Å². The minimum absolute atomic E-state index is 0.158. The average Bonchev–Trinajstić information content (AvgIpc) is 3.37. The largest absolute Gasteiger partial charge is 0.487 e. The number of carbonyl (C=O) groups is 1. The van der Waals surface area contributed by atoms with E-state index in [0.717, 1.165) is 34.6 Å². The van der Waals surface area contributed by atoms with Gasteiger partial charge in [0.1, 0.15) is 23.4 Å². The van der Waals surface area contributed by atoms with Gasteiger partial charge >= 0.3 is 0 Å². The zero-order valence-electron chi connectivity index (χ0n) is 18.5. The number of ether oxygens (including phenoxy) is 1. The molecular formula is C25H23N5O3. The number of amides is 1. The van der Waals surface area contributed by atoms with Crippen molar-refractivity contribution < 1.29 is 13.9 Å². The van der Waals surface area contributed by atoms with Gasteiger partial charge in [-0.1, -0.05) is 6.07 Å². The van der Waals surface area contributed by atoms with Crippen LogP contribution in [-0.2, 0) is 6.42 Å². The van der Waals surface area contributed by atoms with Gasteiger partial charge < -0.3 is 20.2 Å². The van der Waals surface area contributed by atoms with Crippen LogP contribution in [0, 0.1) is 6.92 Å². The predicted octanol–water partition coefficient (Wildman–Crippen LogP) is 4.66. The Hall–Kier alpha value is -4.20. The van der Waals surface area contributed by atoms with Crippen LogP contribution in [0.4, 0.5) is 11.5 Å². The van der Waals surface area contributed by atoms with E-state index in [2.05, 4.69) is 20.3 Å². The highest BCUT2D eigenvalue weighted by Gasteiger charge is 2.31. The number of nitrogens with one attached hydrogen (secondary N) is 1. The number of benzene rings is 1. The Morgan fingerprint density at radius 2 is 1.97 bits per heavy atom. The molecule has 0 saturated heterocycles. The molecule has 5 rings (SSSR count). The van der Waals surface area contributed by atoms with Gasteiger partial charge in [0.15, 0.2) is 5.69 Å². The molecule has 0 atom stereocenters. The van der Waals surface area contributed by atoms with Crippen LogP contribution in [0.25, 0.3) is 22.6 Å². The van der Waals surface area contributed by atoms with Crippen LogP contribution < -0.4 is 15.8 Å². The number of oxazole rings is 1. The van der Waals surface area contributed by atoms with Crippen LogP contribution in [0.3, 0.4) is 0 Å². The highest BCUT2D eigenvalue weighted by Crippen LogP contribution is 2.41. The maximum Gasteiger partial charge on any atom is 0.277 e. The van der Waals surface area contributed by atoms with E-state index in [1.807, 2.05) is 45.0 Å². The van der Waals surface area contributed by atoms with Crippen molar-refractivity contribution in [3.8, 4) is 28.3 Å². The molecule has 0 saturated carbocycles. The maximum atomic E-state index is 13.1. The molecule has 0 bridgehead atoms. The zero-order chi connectivity index (χ0) is 23.2. The summed E-state index contributed by atoms with van der Waals surface area (Å²) >= 11 is 0. The van der Waals surface area contributed by atoms with Crippen LogP contribution >= 0.6 is 0 Å². The van der Waals surface area contributed by atoms with Crippen molar-refractivity contribution in [2.45, 2.75) is 32.8 Å². The highest BCUT2D eigenvalue weighted by molar-refractivity contribution is 6.05. The summed E-state index contributed by atoms with van der Waals surface area (Å²) in [5.41, 5.74) is 10.5. The summed E-state index contributed by atoms with van der Waals surface area (Å²) in [5.74, 6) is 1.07. The summed E-state index contributed by atoms with van der Waals surface area (Å²) < 4.78 is 11.6. The molecule has 3 aromatic heterocycles. The molecule has 4 aromatic rings. The Balaban J connectivity index is 1.49. The van der Waals surface area contributed by atoms with Gasteiger partial charge in [-0.05, 0) is 51.1 Å². The fourth-order valence-electron chi connectivity index (χ4n) is 3.90. The standard InChI is InChI=1S/C25H23N5O3/c1-14-4-5-16(12-28-14)18-10-21-17(11-25(2,3)33-21)8-19(18)29-23(31)20-13-32-24(30-20)15-6-7-27-22(26)9-15/h4-10,12-13H,11H2,1-3H3,(H2,26,27)(H,29,31). The Kier molecular flexibility index (Phi) is 4.85. The van der Waals surface area contributed by atoms with Gasteiger partial charge in [0.2, 0.25) is 5.89 Å². The van der Waals surface area contributed by atoms with E-state index < -0.39 is 0 Å². The number of pyridine rings is 2. The molecule has 0 aliphatic carbocycles. The van der Waals surface area contributed by atoms with Gasteiger partial charge in [0, 0.05) is 52.4 Å². The number of rotatable bonds is 4. The quantitative estimate of drug-likeness (QED) is 0.473. The molecule has 1 aromatic carbocycles. The lowest BCUT2D eigenvalue weighted by atomic mass is 9.97. The predicted molar refractivity (Wildman–Crippen MR) is 125 cm³/mol. The maximum absolute atomic E-state index is 13.1. The van der Waals surface area contributed by atoms with E-state index in [1.165, 1.54) is 6.26 Å². The molecule has 1 amide bonds. The third-order valence-corrected chi connectivity index (χ3v) is 5.44. The van der Waals surface area contributed by atoms with Gasteiger partial charge in [-0.25, -0.2) is 9.97 Å². The molecule has 8 nitrogen and oxygen atoms in total. The normalized spacial score (nSPS) is 13.9. The molecule has 1 aliphatic rings. The van der Waals surface area contributed by atoms with E-state index in [0.29, 0.717) is 23.0 Å². The lowest BCUT2D eigenvalue weighted by Crippen LogP contribution is -2.24. The van der Waals surface area contributed by atoms with E-state index in [-0.39, 0.29) is 17.2 Å². The minimum atomic E-state index is -0.383. The first-order valence-electron chi connectivity index (χ1n) is 10.6. The molecule has 3 N–H and O–H groups in total. The van der Waals surface area contributed by atoms with Crippen LogP contribution in [0.15, 0.2) is 59.5 Å². The number of aromatic nitrogens is 3. The monoisotopic (exact) mass is 441 g/mol. The summed E-state index contributed by atoms with van der Waals surface area (Å²) in [5, 5.41) is 2.99. The third kappa shape index (κ3) is 4.15. The first kappa shape index (κ1) is 20.7. The second-order valence-corrected chi connectivity index (χ2v) is 8.69. The summed E-state index contributed by atoms with van der Waals surface area (Å²) in [6, 6.07) is 11.2. The van der Waals surface area contributed by atoms with E-state index in [4.69, 9.17) is 14.9 Å². The Bertz CT molecular complexity index is 1360. The Morgan fingerprint density at radius 3 is 2.73 bits per heavy atom. The van der Waals surface area contributed by atoms with E-state index in [1.54, 1.807) is 24.5 Å². The number of aryl methyl sites for hydroxylation is 1. The summed E-state index contributed by atoms with van der Waals surface area (Å²) in [4.78, 5) is 25.8. The molecule has 0 unspecified atom stereocenters. The topological polar surface area (TPSA) is 116 Å². The number of carbonyl (C=O) groups excluding carboxylic acids is 1. The highest BCUT2D eigenvalue weighted by atomic mass is 16.5. The van der Waals surface area contributed by atoms with Crippen LogP contribution in [0.1, 0.15) is 35.6 Å². The van der Waals surface area contributed by atoms with Crippen molar-refractivity contribution in [2.24, 2.45) is 0 Å². The first-order chi connectivity index (χ1) is 15.8. The number of fused-ring (bicyclic) bond motifs is 1. The van der Waals surface area contributed by atoms with Crippen LogP contribution in [-0.4, -0.2) is 26.5 Å². The van der Waals surface area contributed by atoms with Crippen molar-refractivity contribution in [3.05, 3.63) is 72.0 Å². The van der Waals surface area contributed by atoms with Gasteiger partial charge in [-0.15, -0.1) is 0 Å². The van der Waals surface area contributed by atoms with Crippen molar-refractivity contribution in [2.75, 3.05) is 11.1 Å². The first-order valence-corrected chi connectivity index (χ1v) is 10.6. The molecular weight excluding hydrogens is 418 g/mol. The smallest absolute Gasteiger partial charge is 0.277 e. The lowest BCUT2D eigenvalue weighted by molar-refractivity contribution is 0.102.